The number of imide groups is 1. The second-order valence-electron chi connectivity index (χ2n) is 6.21. The van der Waals surface area contributed by atoms with Crippen molar-refractivity contribution >= 4 is 44.8 Å². The monoisotopic (exact) mass is 362 g/mol. The van der Waals surface area contributed by atoms with Crippen molar-refractivity contribution in [3.63, 3.8) is 0 Å². The van der Waals surface area contributed by atoms with Crippen LogP contribution in [0.4, 0.5) is 4.39 Å². The third-order valence-corrected chi connectivity index (χ3v) is 4.73. The Morgan fingerprint density at radius 1 is 0.963 bits per heavy atom. The van der Waals surface area contributed by atoms with Crippen molar-refractivity contribution in [2.45, 2.75) is 0 Å². The smallest absolute Gasteiger partial charge is 0.286 e. The number of amides is 2. The third kappa shape index (κ3) is 2.09. The van der Waals surface area contributed by atoms with Crippen LogP contribution >= 0.6 is 0 Å². The minimum atomic E-state index is -0.882. The summed E-state index contributed by atoms with van der Waals surface area (Å²) in [5.41, 5.74) is 1.87. The van der Waals surface area contributed by atoms with Gasteiger partial charge in [-0.3, -0.25) is 14.8 Å². The molecule has 27 heavy (non-hydrogen) atoms. The van der Waals surface area contributed by atoms with E-state index < -0.39 is 17.6 Å². The molecule has 0 aliphatic carbocycles. The van der Waals surface area contributed by atoms with E-state index in [4.69, 9.17) is 4.42 Å². The average Bonchev–Trinajstić information content (AvgIpc) is 3.33. The van der Waals surface area contributed by atoms with Gasteiger partial charge >= 0.3 is 0 Å². The molecule has 4 aromatic rings. The Hall–Kier alpha value is -3.71. The lowest BCUT2D eigenvalue weighted by atomic mass is 9.95. The molecule has 2 N–H and O–H groups in total. The molecular weight excluding hydrogens is 351 g/mol. The van der Waals surface area contributed by atoms with Gasteiger partial charge in [0.2, 0.25) is 0 Å². The van der Waals surface area contributed by atoms with Crippen molar-refractivity contribution in [3.05, 3.63) is 71.9 Å². The van der Waals surface area contributed by atoms with E-state index in [1.54, 1.807) is 18.3 Å². The summed E-state index contributed by atoms with van der Waals surface area (Å²) in [7, 11) is 0. The number of hydrogen-bond acceptors (Lipinski definition) is 4. The predicted molar refractivity (Wildman–Crippen MR) is 94.9 cm³/mol. The first-order chi connectivity index (χ1) is 13.1. The van der Waals surface area contributed by atoms with Crippen LogP contribution in [0.2, 0.25) is 0 Å². The van der Waals surface area contributed by atoms with Crippen LogP contribution in [0.1, 0.15) is 11.1 Å². The molecule has 0 saturated carbocycles. The highest BCUT2D eigenvalue weighted by Gasteiger charge is 2.41. The first-order valence-corrected chi connectivity index (χ1v) is 8.12. The van der Waals surface area contributed by atoms with Gasteiger partial charge in [0.25, 0.3) is 11.8 Å². The van der Waals surface area contributed by atoms with Gasteiger partial charge in [-0.1, -0.05) is 18.2 Å². The Bertz CT molecular complexity index is 1300. The van der Waals surface area contributed by atoms with Crippen molar-refractivity contribution in [1.29, 1.82) is 0 Å². The van der Waals surface area contributed by atoms with Gasteiger partial charge in [-0.2, -0.15) is 0 Å². The number of nitrogens with one attached hydrogen (secondary N) is 1. The molecule has 0 bridgehead atoms. The fourth-order valence-electron chi connectivity index (χ4n) is 3.49. The largest absolute Gasteiger partial charge is 0.464 e. The van der Waals surface area contributed by atoms with Crippen molar-refractivity contribution in [2.24, 2.45) is 0 Å². The van der Waals surface area contributed by atoms with E-state index in [9.17, 15) is 19.2 Å². The maximum absolute atomic E-state index is 13.7. The minimum absolute atomic E-state index is 0.0309. The number of rotatable bonds is 2. The maximum atomic E-state index is 13.7. The van der Waals surface area contributed by atoms with Crippen molar-refractivity contribution < 1.29 is 23.6 Å². The third-order valence-electron chi connectivity index (χ3n) is 4.73. The Balaban J connectivity index is 1.86. The summed E-state index contributed by atoms with van der Waals surface area (Å²) < 4.78 is 19.2. The summed E-state index contributed by atoms with van der Waals surface area (Å²) in [5.74, 6) is -2.23. The number of carbonyl (C=O) groups is 2. The van der Waals surface area contributed by atoms with Crippen LogP contribution < -0.4 is 0 Å². The molecule has 3 heterocycles. The van der Waals surface area contributed by atoms with Gasteiger partial charge in [0.1, 0.15) is 11.4 Å². The summed E-state index contributed by atoms with van der Waals surface area (Å²) in [5, 5.41) is 11.1. The first-order valence-electron chi connectivity index (χ1n) is 8.12. The number of nitrogens with zero attached hydrogens (tertiary/aromatic N) is 1. The molecule has 0 atom stereocenters. The van der Waals surface area contributed by atoms with E-state index in [1.807, 2.05) is 12.1 Å². The molecule has 5 rings (SSSR count). The van der Waals surface area contributed by atoms with Crippen LogP contribution in [0, 0.1) is 5.82 Å². The molecule has 2 aromatic carbocycles. The fourth-order valence-corrected chi connectivity index (χ4v) is 3.49. The second-order valence-corrected chi connectivity index (χ2v) is 6.21. The number of hydrogen-bond donors (Lipinski definition) is 2. The molecular formula is C20H11FN2O4. The molecule has 0 radical (unpaired) electrons. The van der Waals surface area contributed by atoms with Crippen molar-refractivity contribution in [1.82, 2.24) is 10.0 Å². The van der Waals surface area contributed by atoms with Crippen LogP contribution in [-0.4, -0.2) is 27.1 Å². The minimum Gasteiger partial charge on any atom is -0.464 e. The van der Waals surface area contributed by atoms with Gasteiger partial charge in [-0.25, -0.2) is 4.39 Å². The molecule has 2 aromatic heterocycles. The summed E-state index contributed by atoms with van der Waals surface area (Å²) in [6, 6.07) is 11.2. The predicted octanol–water partition coefficient (Wildman–Crippen LogP) is 3.72. The molecule has 132 valence electrons. The van der Waals surface area contributed by atoms with E-state index in [1.165, 1.54) is 24.5 Å². The number of para-hydroxylation sites is 1. The highest BCUT2D eigenvalue weighted by atomic mass is 19.1. The summed E-state index contributed by atoms with van der Waals surface area (Å²) in [6.07, 6.45) is 2.89. The number of H-pyrrole nitrogens is 1. The van der Waals surface area contributed by atoms with E-state index in [0.717, 1.165) is 10.9 Å². The quantitative estimate of drug-likeness (QED) is 0.420. The van der Waals surface area contributed by atoms with Crippen LogP contribution in [0.3, 0.4) is 0 Å². The van der Waals surface area contributed by atoms with E-state index in [-0.39, 0.29) is 21.8 Å². The van der Waals surface area contributed by atoms with Crippen LogP contribution in [0.25, 0.3) is 33.0 Å². The summed E-state index contributed by atoms with van der Waals surface area (Å²) >= 11 is 0. The number of aromatic nitrogens is 1. The number of hydroxylamine groups is 2. The van der Waals surface area contributed by atoms with Gasteiger partial charge in [0.05, 0.1) is 17.4 Å². The number of benzene rings is 2. The van der Waals surface area contributed by atoms with Crippen molar-refractivity contribution in [3.8, 4) is 0 Å². The zero-order valence-corrected chi connectivity index (χ0v) is 13.7. The van der Waals surface area contributed by atoms with Gasteiger partial charge < -0.3 is 9.40 Å². The SMILES string of the molecule is O=C1C(c2c[nH]c3ccccc23)=C(c2coc3ccc(F)cc23)C(=O)N1O. The van der Waals surface area contributed by atoms with E-state index in [0.29, 0.717) is 16.5 Å². The highest BCUT2D eigenvalue weighted by molar-refractivity contribution is 6.50. The number of halogens is 1. The van der Waals surface area contributed by atoms with Crippen LogP contribution in [0.15, 0.2) is 59.3 Å². The summed E-state index contributed by atoms with van der Waals surface area (Å²) in [4.78, 5) is 28.3. The first kappa shape index (κ1) is 15.5. The lowest BCUT2D eigenvalue weighted by Crippen LogP contribution is -2.27. The molecule has 0 saturated heterocycles. The number of fused-ring (bicyclic) bond motifs is 2. The molecule has 0 spiro atoms. The van der Waals surface area contributed by atoms with Gasteiger partial charge in [-0.15, -0.1) is 5.06 Å². The Labute approximate surface area is 151 Å². The molecule has 1 aliphatic rings. The second kappa shape index (κ2) is 5.39. The van der Waals surface area contributed by atoms with Crippen LogP contribution in [0.5, 0.6) is 0 Å². The average molecular weight is 362 g/mol. The molecule has 7 heteroatoms. The molecule has 0 unspecified atom stereocenters. The van der Waals surface area contributed by atoms with Crippen LogP contribution in [-0.2, 0) is 9.59 Å². The standard InChI is InChI=1S/C20H11FN2O4/c21-10-5-6-16-12(7-10)14(9-27-16)18-17(19(24)23(26)20(18)25)13-8-22-15-4-2-1-3-11(13)15/h1-9,22,26H. The van der Waals surface area contributed by atoms with E-state index >= 15 is 0 Å². The Morgan fingerprint density at radius 2 is 1.70 bits per heavy atom. The lowest BCUT2D eigenvalue weighted by Gasteiger charge is -2.03. The number of furan rings is 1. The molecule has 0 fully saturated rings. The normalized spacial score (nSPS) is 15.0. The van der Waals surface area contributed by atoms with Gasteiger partial charge in [-0.05, 0) is 24.3 Å². The van der Waals surface area contributed by atoms with Gasteiger partial charge in [0, 0.05) is 33.6 Å². The number of carbonyl (C=O) groups excluding carboxylic acids is 2. The van der Waals surface area contributed by atoms with E-state index in [2.05, 4.69) is 4.98 Å². The topological polar surface area (TPSA) is 86.5 Å². The molecule has 2 amide bonds. The zero-order chi connectivity index (χ0) is 18.7. The maximum Gasteiger partial charge on any atom is 0.286 e. The van der Waals surface area contributed by atoms with Crippen molar-refractivity contribution in [2.75, 3.05) is 0 Å². The highest BCUT2D eigenvalue weighted by Crippen LogP contribution is 2.40. The lowest BCUT2D eigenvalue weighted by molar-refractivity contribution is -0.168. The summed E-state index contributed by atoms with van der Waals surface area (Å²) in [6.45, 7) is 0. The van der Waals surface area contributed by atoms with Gasteiger partial charge in [0.15, 0.2) is 0 Å². The number of aromatic amines is 1. The Kier molecular flexibility index (Phi) is 3.10. The zero-order valence-electron chi connectivity index (χ0n) is 13.7. The molecule has 6 nitrogen and oxygen atoms in total. The fraction of sp³-hybridized carbons (Fsp3) is 0. The Morgan fingerprint density at radius 3 is 2.52 bits per heavy atom. The molecule has 1 aliphatic heterocycles.